The second-order valence-electron chi connectivity index (χ2n) is 5.47. The normalized spacial score (nSPS) is 24.6. The van der Waals surface area contributed by atoms with Gasteiger partial charge in [-0.1, -0.05) is 35.5 Å². The maximum atomic E-state index is 13.9. The molecular weight excluding hydrogens is 269 g/mol. The first kappa shape index (κ1) is 13.1. The molecule has 6 heteroatoms. The molecule has 20 heavy (non-hydrogen) atoms. The first-order valence-electron chi connectivity index (χ1n) is 6.27. The molecule has 1 aromatic heterocycles. The second kappa shape index (κ2) is 4.07. The minimum Gasteiger partial charge on any atom is -0.339 e. The molecule has 106 valence electrons. The van der Waals surface area contributed by atoms with Gasteiger partial charge in [0.25, 0.3) is 5.92 Å². The molecule has 2 atom stereocenters. The van der Waals surface area contributed by atoms with Gasteiger partial charge in [-0.25, -0.2) is 13.2 Å². The zero-order valence-corrected chi connectivity index (χ0v) is 11.0. The molecule has 0 bridgehead atoms. The maximum absolute atomic E-state index is 13.9. The van der Waals surface area contributed by atoms with E-state index in [4.69, 9.17) is 4.52 Å². The molecule has 1 aliphatic rings. The highest BCUT2D eigenvalue weighted by atomic mass is 19.3. The Kier molecular flexibility index (Phi) is 2.68. The molecule has 1 saturated carbocycles. The van der Waals surface area contributed by atoms with Gasteiger partial charge in [0.05, 0.1) is 5.92 Å². The quantitative estimate of drug-likeness (QED) is 0.859. The van der Waals surface area contributed by atoms with Gasteiger partial charge in [0, 0.05) is 0 Å². The van der Waals surface area contributed by atoms with Crippen molar-refractivity contribution in [3.63, 3.8) is 0 Å². The lowest BCUT2D eigenvalue weighted by Gasteiger charge is -2.05. The first-order valence-corrected chi connectivity index (χ1v) is 6.27. The molecule has 1 aliphatic carbocycles. The highest BCUT2D eigenvalue weighted by molar-refractivity contribution is 5.38. The number of aromatic nitrogens is 2. The minimum atomic E-state index is -2.94. The summed E-state index contributed by atoms with van der Waals surface area (Å²) < 4.78 is 46.3. The summed E-state index contributed by atoms with van der Waals surface area (Å²) in [6.45, 7) is 2.50. The van der Waals surface area contributed by atoms with E-state index < -0.39 is 23.4 Å². The van der Waals surface area contributed by atoms with Crippen molar-refractivity contribution < 1.29 is 17.7 Å². The van der Waals surface area contributed by atoms with Crippen molar-refractivity contribution in [1.82, 2.24) is 10.1 Å². The van der Waals surface area contributed by atoms with Crippen LogP contribution in [-0.2, 0) is 5.67 Å². The van der Waals surface area contributed by atoms with E-state index in [0.717, 1.165) is 0 Å². The molecule has 0 N–H and O–H groups in total. The Hall–Kier alpha value is -1.85. The van der Waals surface area contributed by atoms with Gasteiger partial charge in [0.1, 0.15) is 5.92 Å². The predicted octanol–water partition coefficient (Wildman–Crippen LogP) is 3.79. The highest BCUT2D eigenvalue weighted by Gasteiger charge is 2.72. The molecule has 1 aromatic carbocycles. The molecule has 2 aromatic rings. The molecule has 3 rings (SSSR count). The fourth-order valence-electron chi connectivity index (χ4n) is 2.31. The van der Waals surface area contributed by atoms with Crippen molar-refractivity contribution in [2.45, 2.75) is 37.3 Å². The molecule has 0 saturated heterocycles. The molecule has 1 fully saturated rings. The fraction of sp³-hybridized carbons (Fsp3) is 0.429. The Bertz CT molecular complexity index is 619. The van der Waals surface area contributed by atoms with Gasteiger partial charge in [0.2, 0.25) is 11.7 Å². The van der Waals surface area contributed by atoms with Crippen molar-refractivity contribution in [2.75, 3.05) is 0 Å². The summed E-state index contributed by atoms with van der Waals surface area (Å²) in [4.78, 5) is 3.78. The molecule has 0 unspecified atom stereocenters. The standard InChI is InChI=1S/C14H13F3N2O/c1-13(2,15)12-18-11(20-19-12)10-9(14(10,16)17)8-6-4-3-5-7-8/h3-7,9-10H,1-2H3/t9-,10+/m0/s1. The van der Waals surface area contributed by atoms with Gasteiger partial charge in [-0.2, -0.15) is 4.98 Å². The molecule has 0 radical (unpaired) electrons. The van der Waals surface area contributed by atoms with E-state index in [1.807, 2.05) is 0 Å². The smallest absolute Gasteiger partial charge is 0.268 e. The Morgan fingerprint density at radius 3 is 2.35 bits per heavy atom. The molecule has 0 amide bonds. The predicted molar refractivity (Wildman–Crippen MR) is 65.3 cm³/mol. The zero-order chi connectivity index (χ0) is 14.5. The van der Waals surface area contributed by atoms with Crippen LogP contribution in [0.2, 0.25) is 0 Å². The lowest BCUT2D eigenvalue weighted by molar-refractivity contribution is 0.0999. The van der Waals surface area contributed by atoms with Gasteiger partial charge in [-0.05, 0) is 19.4 Å². The Morgan fingerprint density at radius 2 is 1.80 bits per heavy atom. The SMILES string of the molecule is CC(C)(F)c1noc([C@H]2[C@H](c3ccccc3)C2(F)F)n1. The Balaban J connectivity index is 1.90. The third-order valence-corrected chi connectivity index (χ3v) is 3.45. The third kappa shape index (κ3) is 1.99. The van der Waals surface area contributed by atoms with E-state index in [1.165, 1.54) is 13.8 Å². The van der Waals surface area contributed by atoms with Crippen LogP contribution in [-0.4, -0.2) is 16.1 Å². The van der Waals surface area contributed by atoms with E-state index >= 15 is 0 Å². The number of benzene rings is 1. The van der Waals surface area contributed by atoms with E-state index in [9.17, 15) is 13.2 Å². The Labute approximate surface area is 113 Å². The largest absolute Gasteiger partial charge is 0.339 e. The van der Waals surface area contributed by atoms with Gasteiger partial charge >= 0.3 is 0 Å². The summed E-state index contributed by atoms with van der Waals surface area (Å²) in [6, 6.07) is 8.43. The Morgan fingerprint density at radius 1 is 1.15 bits per heavy atom. The van der Waals surface area contributed by atoms with Crippen molar-refractivity contribution in [2.24, 2.45) is 0 Å². The van der Waals surface area contributed by atoms with Crippen molar-refractivity contribution in [1.29, 1.82) is 0 Å². The van der Waals surface area contributed by atoms with Crippen LogP contribution in [0.4, 0.5) is 13.2 Å². The topological polar surface area (TPSA) is 38.9 Å². The average molecular weight is 282 g/mol. The summed E-state index contributed by atoms with van der Waals surface area (Å²) in [7, 11) is 0. The van der Waals surface area contributed by atoms with Gasteiger partial charge in [-0.15, -0.1) is 0 Å². The van der Waals surface area contributed by atoms with Crippen LogP contribution in [0.15, 0.2) is 34.9 Å². The number of nitrogens with zero attached hydrogens (tertiary/aromatic N) is 2. The number of alkyl halides is 3. The summed E-state index contributed by atoms with van der Waals surface area (Å²) in [5.41, 5.74) is -1.30. The van der Waals surface area contributed by atoms with Crippen molar-refractivity contribution in [3.8, 4) is 0 Å². The van der Waals surface area contributed by atoms with Crippen LogP contribution in [0.3, 0.4) is 0 Å². The summed E-state index contributed by atoms with van der Waals surface area (Å²) in [6.07, 6.45) is 0. The lowest BCUT2D eigenvalue weighted by Crippen LogP contribution is -2.11. The van der Waals surface area contributed by atoms with Gasteiger partial charge in [0.15, 0.2) is 5.67 Å². The number of hydrogen-bond acceptors (Lipinski definition) is 3. The van der Waals surface area contributed by atoms with Crippen molar-refractivity contribution in [3.05, 3.63) is 47.6 Å². The summed E-state index contributed by atoms with van der Waals surface area (Å²) in [5.74, 6) is -5.51. The summed E-state index contributed by atoms with van der Waals surface area (Å²) >= 11 is 0. The monoisotopic (exact) mass is 282 g/mol. The number of rotatable bonds is 3. The summed E-state index contributed by atoms with van der Waals surface area (Å²) in [5, 5.41) is 3.45. The molecule has 3 nitrogen and oxygen atoms in total. The molecule has 1 heterocycles. The van der Waals surface area contributed by atoms with Crippen LogP contribution >= 0.6 is 0 Å². The van der Waals surface area contributed by atoms with Gasteiger partial charge in [-0.3, -0.25) is 0 Å². The van der Waals surface area contributed by atoms with E-state index in [1.54, 1.807) is 30.3 Å². The molecule has 0 aliphatic heterocycles. The van der Waals surface area contributed by atoms with Crippen LogP contribution in [0, 0.1) is 0 Å². The van der Waals surface area contributed by atoms with E-state index in [-0.39, 0.29) is 11.7 Å². The zero-order valence-electron chi connectivity index (χ0n) is 11.0. The average Bonchev–Trinajstić information content (AvgIpc) is 2.77. The van der Waals surface area contributed by atoms with Crippen LogP contribution in [0.5, 0.6) is 0 Å². The second-order valence-corrected chi connectivity index (χ2v) is 5.47. The van der Waals surface area contributed by atoms with E-state index in [0.29, 0.717) is 5.56 Å². The molecular formula is C14H13F3N2O. The number of halogens is 3. The fourth-order valence-corrected chi connectivity index (χ4v) is 2.31. The van der Waals surface area contributed by atoms with Crippen LogP contribution in [0.25, 0.3) is 0 Å². The third-order valence-electron chi connectivity index (χ3n) is 3.45. The van der Waals surface area contributed by atoms with Gasteiger partial charge < -0.3 is 4.52 Å². The molecule has 0 spiro atoms. The van der Waals surface area contributed by atoms with Crippen LogP contribution in [0.1, 0.15) is 43.0 Å². The highest BCUT2D eigenvalue weighted by Crippen LogP contribution is 2.66. The lowest BCUT2D eigenvalue weighted by atomic mass is 10.1. The van der Waals surface area contributed by atoms with Crippen LogP contribution < -0.4 is 0 Å². The first-order chi connectivity index (χ1) is 9.32. The van der Waals surface area contributed by atoms with Crippen molar-refractivity contribution >= 4 is 0 Å². The maximum Gasteiger partial charge on any atom is 0.268 e. The van der Waals surface area contributed by atoms with E-state index in [2.05, 4.69) is 10.1 Å². The number of hydrogen-bond donors (Lipinski definition) is 0. The minimum absolute atomic E-state index is 0.204.